The number of nitrogens with one attached hydrogen (secondary N) is 1. The van der Waals surface area contributed by atoms with Gasteiger partial charge < -0.3 is 19.8 Å². The van der Waals surface area contributed by atoms with Crippen molar-refractivity contribution < 1.29 is 32.9 Å². The van der Waals surface area contributed by atoms with Gasteiger partial charge in [-0.3, -0.25) is 13.8 Å². The molecule has 0 aromatic rings. The number of rotatable bonds is 48. The molecule has 0 bridgehead atoms. The normalized spacial score (nSPS) is 14.9. The third-order valence-electron chi connectivity index (χ3n) is 11.4. The number of phosphoric ester groups is 1. The molecule has 0 aliphatic carbocycles. The third kappa shape index (κ3) is 52.6. The molecule has 0 aliphatic heterocycles. The fourth-order valence-electron chi connectivity index (χ4n) is 7.13. The van der Waals surface area contributed by atoms with Gasteiger partial charge in [-0.15, -0.1) is 0 Å². The van der Waals surface area contributed by atoms with E-state index >= 15 is 0 Å². The van der Waals surface area contributed by atoms with Gasteiger partial charge in [0.15, 0.2) is 0 Å². The lowest BCUT2D eigenvalue weighted by Crippen LogP contribution is -2.45. The number of unbranched alkanes of at least 4 members (excludes halogenated alkanes) is 17. The minimum Gasteiger partial charge on any atom is -0.387 e. The second kappa shape index (κ2) is 49.9. The number of aliphatic hydroxyl groups excluding tert-OH is 1. The van der Waals surface area contributed by atoms with E-state index in [-0.39, 0.29) is 25.5 Å². The number of nitrogens with zero attached hydrogens (tertiary/aromatic N) is 1. The Morgan fingerprint density at radius 1 is 0.507 bits per heavy atom. The van der Waals surface area contributed by atoms with Crippen LogP contribution in [0.4, 0.5) is 0 Å². The van der Waals surface area contributed by atoms with Gasteiger partial charge in [0.2, 0.25) is 5.91 Å². The number of hydrogen-bond acceptors (Lipinski definition) is 5. The van der Waals surface area contributed by atoms with Crippen LogP contribution in [-0.2, 0) is 18.4 Å². The van der Waals surface area contributed by atoms with Crippen LogP contribution >= 0.6 is 7.82 Å². The van der Waals surface area contributed by atoms with Crippen molar-refractivity contribution in [3.05, 3.63) is 122 Å². The Morgan fingerprint density at radius 3 is 1.33 bits per heavy atom. The molecule has 0 radical (unpaired) electrons. The molecule has 9 heteroatoms. The van der Waals surface area contributed by atoms with E-state index in [1.54, 1.807) is 6.08 Å². The quantitative estimate of drug-likeness (QED) is 0.0243. The number of likely N-dealkylation sites (N-methyl/N-ethyl adjacent to an activating group) is 1. The van der Waals surface area contributed by atoms with Crippen LogP contribution in [0.3, 0.4) is 0 Å². The van der Waals surface area contributed by atoms with Crippen LogP contribution in [0.25, 0.3) is 0 Å². The Balaban J connectivity index is 4.44. The van der Waals surface area contributed by atoms with E-state index in [1.807, 2.05) is 27.2 Å². The maximum atomic E-state index is 12.9. The summed E-state index contributed by atoms with van der Waals surface area (Å²) in [5.74, 6) is -0.234. The van der Waals surface area contributed by atoms with E-state index in [4.69, 9.17) is 9.05 Å². The van der Waals surface area contributed by atoms with Gasteiger partial charge in [0.25, 0.3) is 0 Å². The summed E-state index contributed by atoms with van der Waals surface area (Å²) in [5, 5.41) is 13.9. The molecule has 69 heavy (non-hydrogen) atoms. The lowest BCUT2D eigenvalue weighted by molar-refractivity contribution is -0.870. The number of carbonyl (C=O) groups is 1. The van der Waals surface area contributed by atoms with Crippen LogP contribution in [0.5, 0.6) is 0 Å². The van der Waals surface area contributed by atoms with Crippen molar-refractivity contribution in [1.82, 2.24) is 5.32 Å². The molecule has 0 rings (SSSR count). The largest absolute Gasteiger partial charge is 0.472 e. The summed E-state index contributed by atoms with van der Waals surface area (Å²) in [6, 6.07) is -0.897. The standard InChI is InChI=1S/C60H103N2O6P/c1-6-8-10-12-14-16-18-20-22-24-26-28-29-30-31-32-33-34-36-38-40-42-44-46-48-50-52-54-60(64)61-58(57-68-69(65,66)67-56-55-62(3,4)5)59(63)53-51-49-47-45-43-41-39-37-35-27-25-23-21-19-17-15-13-11-9-7-2/h8,10,14,16,20,22,26,28,30-31,33-34,38,40,43-46,51,53,58-59,63H,6-7,9,11-13,15,17-19,21,23-25,27,29,32,35-37,39,41-42,47-50,52,54-57H2,1-5H3,(H-,61,64,65,66)/p+1/b10-8-,16-14-,22-20-,28-26-,31-30-,34-33-,40-38-,45-43+,46-44-,53-51+. The molecule has 0 aromatic carbocycles. The number of quaternary nitrogens is 1. The van der Waals surface area contributed by atoms with Crippen LogP contribution in [-0.4, -0.2) is 73.4 Å². The van der Waals surface area contributed by atoms with E-state index in [2.05, 4.69) is 129 Å². The van der Waals surface area contributed by atoms with Crippen LogP contribution in [0.15, 0.2) is 122 Å². The summed E-state index contributed by atoms with van der Waals surface area (Å²) in [4.78, 5) is 23.2. The van der Waals surface area contributed by atoms with Gasteiger partial charge in [-0.2, -0.15) is 0 Å². The zero-order valence-electron chi connectivity index (χ0n) is 44.8. The maximum Gasteiger partial charge on any atom is 0.472 e. The highest BCUT2D eigenvalue weighted by atomic mass is 31.2. The van der Waals surface area contributed by atoms with Crippen molar-refractivity contribution in [2.24, 2.45) is 0 Å². The van der Waals surface area contributed by atoms with E-state index in [9.17, 15) is 19.4 Å². The highest BCUT2D eigenvalue weighted by molar-refractivity contribution is 7.47. The molecular weight excluding hydrogens is 876 g/mol. The summed E-state index contributed by atoms with van der Waals surface area (Å²) < 4.78 is 23.6. The molecule has 8 nitrogen and oxygen atoms in total. The van der Waals surface area contributed by atoms with Crippen molar-refractivity contribution >= 4 is 13.7 Å². The van der Waals surface area contributed by atoms with Gasteiger partial charge >= 0.3 is 7.82 Å². The first-order valence-electron chi connectivity index (χ1n) is 27.4. The predicted molar refractivity (Wildman–Crippen MR) is 299 cm³/mol. The Kier molecular flexibility index (Phi) is 47.6. The topological polar surface area (TPSA) is 105 Å². The van der Waals surface area contributed by atoms with Crippen molar-refractivity contribution in [1.29, 1.82) is 0 Å². The molecule has 0 aromatic heterocycles. The number of amides is 1. The van der Waals surface area contributed by atoms with E-state index in [1.165, 1.54) is 89.9 Å². The summed E-state index contributed by atoms with van der Waals surface area (Å²) in [6.45, 7) is 4.63. The second-order valence-electron chi connectivity index (χ2n) is 19.2. The summed E-state index contributed by atoms with van der Waals surface area (Å²) >= 11 is 0. The molecule has 0 saturated carbocycles. The number of hydrogen-bond donors (Lipinski definition) is 3. The first kappa shape index (κ1) is 65.9. The van der Waals surface area contributed by atoms with E-state index < -0.39 is 20.0 Å². The SMILES string of the molecule is CC/C=C\C/C=C\C/C=C\C/C=C\C/C=C\C/C=C\C/C=C\C/C=C\CCCCC(=O)NC(COP(=O)(O)OCC[N+](C)(C)C)C(O)/C=C/CC/C=C/CCCCCCCCCCCCCCCC. The fourth-order valence-corrected chi connectivity index (χ4v) is 7.87. The van der Waals surface area contributed by atoms with Crippen molar-refractivity contribution in [2.75, 3.05) is 40.9 Å². The third-order valence-corrected chi connectivity index (χ3v) is 12.4. The molecule has 1 amide bonds. The molecule has 0 spiro atoms. The molecule has 0 aliphatic rings. The highest BCUT2D eigenvalue weighted by Crippen LogP contribution is 2.43. The Morgan fingerprint density at radius 2 is 0.884 bits per heavy atom. The van der Waals surface area contributed by atoms with Crippen LogP contribution < -0.4 is 5.32 Å². The van der Waals surface area contributed by atoms with Crippen LogP contribution in [0, 0.1) is 0 Å². The van der Waals surface area contributed by atoms with Crippen LogP contribution in [0.1, 0.15) is 200 Å². The average molecular weight is 980 g/mol. The molecule has 0 fully saturated rings. The Bertz CT molecular complexity index is 1530. The first-order valence-corrected chi connectivity index (χ1v) is 28.9. The number of phosphoric acid groups is 1. The Hall–Kier alpha value is -3.10. The van der Waals surface area contributed by atoms with Gasteiger partial charge in [0.1, 0.15) is 13.2 Å². The summed E-state index contributed by atoms with van der Waals surface area (Å²) in [7, 11) is 1.51. The molecule has 3 unspecified atom stereocenters. The zero-order valence-corrected chi connectivity index (χ0v) is 45.6. The molecule has 3 atom stereocenters. The van der Waals surface area contributed by atoms with Gasteiger partial charge in [-0.1, -0.05) is 219 Å². The smallest absolute Gasteiger partial charge is 0.387 e. The lowest BCUT2D eigenvalue weighted by Gasteiger charge is -2.25. The number of aliphatic hydroxyl groups is 1. The van der Waals surface area contributed by atoms with Gasteiger partial charge in [0, 0.05) is 6.42 Å². The monoisotopic (exact) mass is 980 g/mol. The van der Waals surface area contributed by atoms with Crippen LogP contribution in [0.2, 0.25) is 0 Å². The molecular formula is C60H104N2O6P+. The van der Waals surface area contributed by atoms with Gasteiger partial charge in [0.05, 0.1) is 39.9 Å². The highest BCUT2D eigenvalue weighted by Gasteiger charge is 2.27. The molecule has 0 heterocycles. The summed E-state index contributed by atoms with van der Waals surface area (Å²) in [6.07, 6.45) is 74.4. The average Bonchev–Trinajstić information content (AvgIpc) is 3.31. The first-order chi connectivity index (χ1) is 33.5. The lowest BCUT2D eigenvalue weighted by atomic mass is 10.0. The molecule has 0 saturated heterocycles. The van der Waals surface area contributed by atoms with Crippen molar-refractivity contribution in [2.45, 2.75) is 212 Å². The maximum absolute atomic E-state index is 12.9. The Labute approximate surface area is 424 Å². The van der Waals surface area contributed by atoms with Gasteiger partial charge in [-0.05, 0) is 96.3 Å². The number of carbonyl (C=O) groups excluding carboxylic acids is 1. The summed E-state index contributed by atoms with van der Waals surface area (Å²) in [5.41, 5.74) is 0. The van der Waals surface area contributed by atoms with E-state index in [0.29, 0.717) is 17.4 Å². The minimum atomic E-state index is -4.38. The molecule has 3 N–H and O–H groups in total. The van der Waals surface area contributed by atoms with Crippen molar-refractivity contribution in [3.8, 4) is 0 Å². The van der Waals surface area contributed by atoms with Gasteiger partial charge in [-0.25, -0.2) is 4.57 Å². The second-order valence-corrected chi connectivity index (χ2v) is 20.7. The fraction of sp³-hybridized carbons (Fsp3) is 0.650. The number of allylic oxidation sites excluding steroid dienone is 19. The van der Waals surface area contributed by atoms with Crippen molar-refractivity contribution in [3.63, 3.8) is 0 Å². The zero-order chi connectivity index (χ0) is 50.6. The van der Waals surface area contributed by atoms with E-state index in [0.717, 1.165) is 83.5 Å². The predicted octanol–water partition coefficient (Wildman–Crippen LogP) is 16.6. The molecule has 394 valence electrons. The minimum absolute atomic E-state index is 0.0404.